The smallest absolute Gasteiger partial charge is 0.243 e. The van der Waals surface area contributed by atoms with Crippen LogP contribution in [0.5, 0.6) is 0 Å². The van der Waals surface area contributed by atoms with Crippen LogP contribution in [0.2, 0.25) is 0 Å². The maximum atomic E-state index is 12.2. The van der Waals surface area contributed by atoms with E-state index in [4.69, 9.17) is 5.84 Å². The highest BCUT2D eigenvalue weighted by atomic mass is 32.2. The molecular formula is C10H14N6O2S. The van der Waals surface area contributed by atoms with E-state index in [0.717, 1.165) is 0 Å². The van der Waals surface area contributed by atoms with Crippen molar-refractivity contribution in [3.05, 3.63) is 36.4 Å². The number of benzene rings is 1. The minimum atomic E-state index is -3.71. The summed E-state index contributed by atoms with van der Waals surface area (Å²) in [4.78, 5) is 3.98. The fraction of sp³-hybridized carbons (Fsp3) is 0.200. The summed E-state index contributed by atoms with van der Waals surface area (Å²) in [6, 6.07) is 5.82. The monoisotopic (exact) mass is 282 g/mol. The number of hydrogen-bond acceptors (Lipinski definition) is 6. The fourth-order valence-electron chi connectivity index (χ4n) is 1.60. The summed E-state index contributed by atoms with van der Waals surface area (Å²) in [5.41, 5.74) is 2.67. The van der Waals surface area contributed by atoms with E-state index < -0.39 is 16.1 Å². The average molecular weight is 282 g/mol. The van der Waals surface area contributed by atoms with Gasteiger partial charge in [0.05, 0.1) is 11.7 Å². The number of nitrogens with zero attached hydrogens (tertiary/aromatic N) is 2. The summed E-state index contributed by atoms with van der Waals surface area (Å²) in [5.74, 6) is 5.73. The van der Waals surface area contributed by atoms with Gasteiger partial charge in [-0.3, -0.25) is 10.9 Å². The Hall–Kier alpha value is -1.97. The highest BCUT2D eigenvalue weighted by molar-refractivity contribution is 7.89. The molecule has 5 N–H and O–H groups in total. The van der Waals surface area contributed by atoms with E-state index in [1.807, 2.05) is 0 Å². The van der Waals surface area contributed by atoms with Gasteiger partial charge in [0, 0.05) is 0 Å². The molecule has 0 aliphatic carbocycles. The van der Waals surface area contributed by atoms with Gasteiger partial charge in [-0.25, -0.2) is 18.1 Å². The van der Waals surface area contributed by atoms with E-state index >= 15 is 0 Å². The van der Waals surface area contributed by atoms with Gasteiger partial charge < -0.3 is 5.43 Å². The van der Waals surface area contributed by atoms with Gasteiger partial charge in [-0.2, -0.15) is 5.10 Å². The van der Waals surface area contributed by atoms with E-state index in [0.29, 0.717) is 11.5 Å². The van der Waals surface area contributed by atoms with Gasteiger partial charge in [0.2, 0.25) is 10.0 Å². The van der Waals surface area contributed by atoms with E-state index in [9.17, 15) is 8.42 Å². The molecule has 0 aliphatic heterocycles. The number of nitrogens with one attached hydrogen (secondary N) is 3. The second-order valence-electron chi connectivity index (χ2n) is 3.85. The van der Waals surface area contributed by atoms with Crippen LogP contribution in [-0.4, -0.2) is 23.6 Å². The quantitative estimate of drug-likeness (QED) is 0.456. The molecule has 0 saturated heterocycles. The predicted molar refractivity (Wildman–Crippen MR) is 69.4 cm³/mol. The molecule has 0 amide bonds. The minimum absolute atomic E-state index is 0.0730. The zero-order valence-corrected chi connectivity index (χ0v) is 11.0. The molecule has 0 spiro atoms. The molecule has 0 radical (unpaired) electrons. The predicted octanol–water partition coefficient (Wildman–Crippen LogP) is 0.130. The number of aromatic amines is 1. The molecule has 1 aromatic heterocycles. The van der Waals surface area contributed by atoms with Gasteiger partial charge in [0.25, 0.3) is 0 Å². The number of H-pyrrole nitrogens is 1. The standard InChI is InChI=1S/C10H14N6O2S/c1-7(10-12-6-13-15-10)16-19(17,18)9-5-3-2-4-8(9)14-11/h2-7,14,16H,11H2,1H3,(H,12,13,15). The van der Waals surface area contributed by atoms with E-state index in [1.165, 1.54) is 12.4 Å². The van der Waals surface area contributed by atoms with Crippen LogP contribution in [-0.2, 0) is 10.0 Å². The molecular weight excluding hydrogens is 268 g/mol. The number of nitrogen functional groups attached to an aromatic ring is 1. The lowest BCUT2D eigenvalue weighted by molar-refractivity contribution is 0.560. The first-order valence-corrected chi connectivity index (χ1v) is 6.96. The maximum absolute atomic E-state index is 12.2. The molecule has 0 saturated carbocycles. The third-order valence-electron chi connectivity index (χ3n) is 2.51. The van der Waals surface area contributed by atoms with Crippen LogP contribution in [0.1, 0.15) is 18.8 Å². The van der Waals surface area contributed by atoms with Gasteiger partial charge in [0.15, 0.2) is 0 Å². The number of para-hydroxylation sites is 1. The summed E-state index contributed by atoms with van der Waals surface area (Å²) in [6.45, 7) is 1.66. The van der Waals surface area contributed by atoms with Crippen molar-refractivity contribution in [2.45, 2.75) is 17.9 Å². The van der Waals surface area contributed by atoms with Crippen molar-refractivity contribution in [2.75, 3.05) is 5.43 Å². The lowest BCUT2D eigenvalue weighted by Crippen LogP contribution is -2.28. The Morgan fingerprint density at radius 2 is 2.11 bits per heavy atom. The van der Waals surface area contributed by atoms with Crippen LogP contribution in [0.4, 0.5) is 5.69 Å². The van der Waals surface area contributed by atoms with Crippen LogP contribution in [0.3, 0.4) is 0 Å². The molecule has 19 heavy (non-hydrogen) atoms. The van der Waals surface area contributed by atoms with Gasteiger partial charge in [-0.15, -0.1) is 0 Å². The first-order valence-electron chi connectivity index (χ1n) is 5.48. The number of sulfonamides is 1. The van der Waals surface area contributed by atoms with Crippen molar-refractivity contribution in [1.29, 1.82) is 0 Å². The second-order valence-corrected chi connectivity index (χ2v) is 5.54. The lowest BCUT2D eigenvalue weighted by atomic mass is 10.3. The zero-order chi connectivity index (χ0) is 13.9. The first-order chi connectivity index (χ1) is 9.04. The number of anilines is 1. The normalized spacial score (nSPS) is 13.2. The van der Waals surface area contributed by atoms with Crippen LogP contribution in [0, 0.1) is 0 Å². The van der Waals surface area contributed by atoms with Gasteiger partial charge in [0.1, 0.15) is 17.0 Å². The van der Waals surface area contributed by atoms with Crippen molar-refractivity contribution in [2.24, 2.45) is 5.84 Å². The molecule has 9 heteroatoms. The molecule has 1 aromatic carbocycles. The Morgan fingerprint density at radius 3 is 2.74 bits per heavy atom. The van der Waals surface area contributed by atoms with E-state index in [2.05, 4.69) is 25.3 Å². The number of hydrazine groups is 1. The van der Waals surface area contributed by atoms with Crippen molar-refractivity contribution in [1.82, 2.24) is 19.9 Å². The summed E-state index contributed by atoms with van der Waals surface area (Å²) < 4.78 is 27.0. The minimum Gasteiger partial charge on any atom is -0.323 e. The van der Waals surface area contributed by atoms with Crippen LogP contribution in [0.15, 0.2) is 35.5 Å². The molecule has 0 fully saturated rings. The fourth-order valence-corrected chi connectivity index (χ4v) is 2.97. The molecule has 8 nitrogen and oxygen atoms in total. The van der Waals surface area contributed by atoms with Crippen LogP contribution in [0.25, 0.3) is 0 Å². The Kier molecular flexibility index (Phi) is 3.79. The van der Waals surface area contributed by atoms with Gasteiger partial charge >= 0.3 is 0 Å². The number of aromatic nitrogens is 3. The molecule has 0 aliphatic rings. The molecule has 2 aromatic rings. The molecule has 0 bridgehead atoms. The topological polar surface area (TPSA) is 126 Å². The Bertz CT molecular complexity index is 640. The SMILES string of the molecule is CC(NS(=O)(=O)c1ccccc1NN)c1ncn[nH]1. The largest absolute Gasteiger partial charge is 0.323 e. The first kappa shape index (κ1) is 13.5. The van der Waals surface area contributed by atoms with Gasteiger partial charge in [-0.05, 0) is 19.1 Å². The Morgan fingerprint density at radius 1 is 1.37 bits per heavy atom. The average Bonchev–Trinajstić information content (AvgIpc) is 2.92. The molecule has 1 heterocycles. The number of nitrogens with two attached hydrogens (primary N) is 1. The zero-order valence-electron chi connectivity index (χ0n) is 10.2. The summed E-state index contributed by atoms with van der Waals surface area (Å²) >= 11 is 0. The highest BCUT2D eigenvalue weighted by Crippen LogP contribution is 2.21. The highest BCUT2D eigenvalue weighted by Gasteiger charge is 2.22. The molecule has 2 rings (SSSR count). The van der Waals surface area contributed by atoms with Gasteiger partial charge in [-0.1, -0.05) is 12.1 Å². The summed E-state index contributed by atoms with van der Waals surface area (Å²) in [6.07, 6.45) is 1.31. The molecule has 1 unspecified atom stereocenters. The lowest BCUT2D eigenvalue weighted by Gasteiger charge is -2.14. The number of hydrogen-bond donors (Lipinski definition) is 4. The number of rotatable bonds is 5. The molecule has 1 atom stereocenters. The summed E-state index contributed by atoms with van der Waals surface area (Å²) in [5, 5.41) is 6.29. The van der Waals surface area contributed by atoms with Crippen LogP contribution < -0.4 is 16.0 Å². The van der Waals surface area contributed by atoms with Crippen molar-refractivity contribution < 1.29 is 8.42 Å². The van der Waals surface area contributed by atoms with E-state index in [1.54, 1.807) is 25.1 Å². The second kappa shape index (κ2) is 5.34. The maximum Gasteiger partial charge on any atom is 0.243 e. The Labute approximate surface area is 110 Å². The third-order valence-corrected chi connectivity index (χ3v) is 4.11. The van der Waals surface area contributed by atoms with Crippen molar-refractivity contribution >= 4 is 15.7 Å². The van der Waals surface area contributed by atoms with E-state index in [-0.39, 0.29) is 4.90 Å². The Balaban J connectivity index is 2.28. The van der Waals surface area contributed by atoms with Crippen LogP contribution >= 0.6 is 0 Å². The molecule has 102 valence electrons. The van der Waals surface area contributed by atoms with Crippen molar-refractivity contribution in [3.63, 3.8) is 0 Å². The summed E-state index contributed by atoms with van der Waals surface area (Å²) in [7, 11) is -3.71. The third kappa shape index (κ3) is 2.89. The van der Waals surface area contributed by atoms with Crippen molar-refractivity contribution in [3.8, 4) is 0 Å².